The summed E-state index contributed by atoms with van der Waals surface area (Å²) in [6.07, 6.45) is 0.865. The molecule has 0 aliphatic carbocycles. The van der Waals surface area contributed by atoms with Crippen LogP contribution in [0.5, 0.6) is 0 Å². The molecule has 0 spiro atoms. The van der Waals surface area contributed by atoms with Gasteiger partial charge in [-0.2, -0.15) is 0 Å². The van der Waals surface area contributed by atoms with Gasteiger partial charge in [-0.05, 0) is 35.9 Å². The molecule has 0 saturated carbocycles. The average Bonchev–Trinajstić information content (AvgIpc) is 2.80. The highest BCUT2D eigenvalue weighted by molar-refractivity contribution is 9.10. The summed E-state index contributed by atoms with van der Waals surface area (Å²) < 4.78 is 6.59. The minimum Gasteiger partial charge on any atom is -0.464 e. The highest BCUT2D eigenvalue weighted by Gasteiger charge is 2.16. The maximum absolute atomic E-state index is 6.17. The fraction of sp³-hybridized carbons (Fsp3) is 0.231. The summed E-state index contributed by atoms with van der Waals surface area (Å²) in [7, 11) is 0. The first-order valence-corrected chi connectivity index (χ1v) is 6.58. The van der Waals surface area contributed by atoms with E-state index in [4.69, 9.17) is 21.8 Å². The summed E-state index contributed by atoms with van der Waals surface area (Å²) in [5.41, 5.74) is 7.10. The molecule has 0 bridgehead atoms. The van der Waals surface area contributed by atoms with Gasteiger partial charge < -0.3 is 10.2 Å². The zero-order valence-electron chi connectivity index (χ0n) is 9.41. The van der Waals surface area contributed by atoms with Crippen molar-refractivity contribution in [3.8, 4) is 0 Å². The molecular formula is C13H13BrClNO. The fourth-order valence-electron chi connectivity index (χ4n) is 1.66. The Morgan fingerprint density at radius 3 is 2.76 bits per heavy atom. The lowest BCUT2D eigenvalue weighted by atomic mass is 10.1. The summed E-state index contributed by atoms with van der Waals surface area (Å²) in [5.74, 6) is 1.69. The van der Waals surface area contributed by atoms with E-state index in [-0.39, 0.29) is 6.04 Å². The van der Waals surface area contributed by atoms with Crippen LogP contribution in [0, 0.1) is 0 Å². The van der Waals surface area contributed by atoms with Gasteiger partial charge in [-0.25, -0.2) is 0 Å². The van der Waals surface area contributed by atoms with E-state index in [1.807, 2.05) is 37.3 Å². The second-order valence-corrected chi connectivity index (χ2v) is 5.09. The largest absolute Gasteiger partial charge is 0.464 e. The molecule has 0 aliphatic rings. The Kier molecular flexibility index (Phi) is 3.92. The molecule has 2 N–H and O–H groups in total. The van der Waals surface area contributed by atoms with E-state index in [1.54, 1.807) is 0 Å². The first kappa shape index (κ1) is 12.7. The van der Waals surface area contributed by atoms with Gasteiger partial charge in [-0.3, -0.25) is 0 Å². The number of benzene rings is 1. The predicted molar refractivity (Wildman–Crippen MR) is 73.3 cm³/mol. The maximum Gasteiger partial charge on any atom is 0.125 e. The van der Waals surface area contributed by atoms with Gasteiger partial charge in [-0.15, -0.1) is 0 Å². The lowest BCUT2D eigenvalue weighted by Gasteiger charge is -2.11. The minimum atomic E-state index is -0.302. The molecule has 0 aliphatic heterocycles. The van der Waals surface area contributed by atoms with Gasteiger partial charge in [0.2, 0.25) is 0 Å². The Hall–Kier alpha value is -0.770. The van der Waals surface area contributed by atoms with Crippen LogP contribution >= 0.6 is 27.5 Å². The van der Waals surface area contributed by atoms with Crippen molar-refractivity contribution >= 4 is 27.5 Å². The standard InChI is InChI=1S/C13H13BrClNO/c1-2-9-4-6-12(17-9)13(16)10-7-8(15)3-5-11(10)14/h3-7,13H,2,16H2,1H3. The van der Waals surface area contributed by atoms with Gasteiger partial charge in [0.25, 0.3) is 0 Å². The third-order valence-corrected chi connectivity index (χ3v) is 3.59. The Labute approximate surface area is 114 Å². The fourth-order valence-corrected chi connectivity index (χ4v) is 2.33. The van der Waals surface area contributed by atoms with Gasteiger partial charge >= 0.3 is 0 Å². The number of rotatable bonds is 3. The molecule has 4 heteroatoms. The number of nitrogens with two attached hydrogens (primary N) is 1. The van der Waals surface area contributed by atoms with Crippen molar-refractivity contribution in [3.05, 3.63) is 56.9 Å². The van der Waals surface area contributed by atoms with Crippen molar-refractivity contribution in [3.63, 3.8) is 0 Å². The molecule has 17 heavy (non-hydrogen) atoms. The number of hydrogen-bond donors (Lipinski definition) is 1. The smallest absolute Gasteiger partial charge is 0.125 e. The number of aryl methyl sites for hydroxylation is 1. The van der Waals surface area contributed by atoms with E-state index in [0.717, 1.165) is 28.0 Å². The molecule has 2 rings (SSSR count). The zero-order valence-corrected chi connectivity index (χ0v) is 11.8. The van der Waals surface area contributed by atoms with Crippen LogP contribution in [0.1, 0.15) is 30.0 Å². The van der Waals surface area contributed by atoms with Crippen LogP contribution in [-0.4, -0.2) is 0 Å². The van der Waals surface area contributed by atoms with Gasteiger partial charge in [0.15, 0.2) is 0 Å². The second-order valence-electron chi connectivity index (χ2n) is 3.80. The van der Waals surface area contributed by atoms with E-state index in [9.17, 15) is 0 Å². The first-order valence-electron chi connectivity index (χ1n) is 5.41. The van der Waals surface area contributed by atoms with E-state index in [1.165, 1.54) is 0 Å². The molecule has 1 atom stereocenters. The summed E-state index contributed by atoms with van der Waals surface area (Å²) in [6, 6.07) is 9.13. The zero-order chi connectivity index (χ0) is 12.4. The first-order chi connectivity index (χ1) is 8.11. The molecular weight excluding hydrogens is 302 g/mol. The molecule has 0 fully saturated rings. The molecule has 0 saturated heterocycles. The number of halogens is 2. The average molecular weight is 315 g/mol. The van der Waals surface area contributed by atoms with E-state index < -0.39 is 0 Å². The molecule has 2 nitrogen and oxygen atoms in total. The summed E-state index contributed by atoms with van der Waals surface area (Å²) in [6.45, 7) is 2.05. The maximum atomic E-state index is 6.17. The third-order valence-electron chi connectivity index (χ3n) is 2.63. The van der Waals surface area contributed by atoms with Crippen LogP contribution in [0.4, 0.5) is 0 Å². The van der Waals surface area contributed by atoms with Crippen LogP contribution in [-0.2, 0) is 6.42 Å². The molecule has 2 aromatic rings. The summed E-state index contributed by atoms with van der Waals surface area (Å²) in [4.78, 5) is 0. The van der Waals surface area contributed by atoms with Crippen molar-refractivity contribution < 1.29 is 4.42 Å². The SMILES string of the molecule is CCc1ccc(C(N)c2cc(Cl)ccc2Br)o1. The lowest BCUT2D eigenvalue weighted by Crippen LogP contribution is -2.11. The predicted octanol–water partition coefficient (Wildman–Crippen LogP) is 4.31. The summed E-state index contributed by atoms with van der Waals surface area (Å²) in [5, 5.41) is 0.668. The Bertz CT molecular complexity index is 524. The van der Waals surface area contributed by atoms with Crippen LogP contribution in [0.25, 0.3) is 0 Å². The van der Waals surface area contributed by atoms with Gasteiger partial charge in [0.1, 0.15) is 11.5 Å². The molecule has 90 valence electrons. The normalized spacial score (nSPS) is 12.7. The molecule has 1 unspecified atom stereocenters. The molecule has 0 radical (unpaired) electrons. The highest BCUT2D eigenvalue weighted by atomic mass is 79.9. The van der Waals surface area contributed by atoms with Crippen LogP contribution in [0.2, 0.25) is 5.02 Å². The van der Waals surface area contributed by atoms with E-state index in [0.29, 0.717) is 5.02 Å². The quantitative estimate of drug-likeness (QED) is 0.917. The van der Waals surface area contributed by atoms with Crippen molar-refractivity contribution in [2.75, 3.05) is 0 Å². The highest BCUT2D eigenvalue weighted by Crippen LogP contribution is 2.30. The van der Waals surface area contributed by atoms with Crippen LogP contribution in [0.15, 0.2) is 39.2 Å². The van der Waals surface area contributed by atoms with Crippen molar-refractivity contribution in [1.82, 2.24) is 0 Å². The van der Waals surface area contributed by atoms with E-state index >= 15 is 0 Å². The topological polar surface area (TPSA) is 39.2 Å². The number of furan rings is 1. The van der Waals surface area contributed by atoms with Crippen molar-refractivity contribution in [2.45, 2.75) is 19.4 Å². The monoisotopic (exact) mass is 313 g/mol. The Morgan fingerprint density at radius 1 is 1.35 bits per heavy atom. The Morgan fingerprint density at radius 2 is 2.12 bits per heavy atom. The summed E-state index contributed by atoms with van der Waals surface area (Å²) >= 11 is 9.45. The van der Waals surface area contributed by atoms with Crippen molar-refractivity contribution in [1.29, 1.82) is 0 Å². The molecule has 0 amide bonds. The third kappa shape index (κ3) is 2.73. The molecule has 1 aromatic heterocycles. The second kappa shape index (κ2) is 5.25. The Balaban J connectivity index is 2.35. The van der Waals surface area contributed by atoms with Crippen molar-refractivity contribution in [2.24, 2.45) is 5.73 Å². The van der Waals surface area contributed by atoms with E-state index in [2.05, 4.69) is 15.9 Å². The van der Waals surface area contributed by atoms with Gasteiger partial charge in [-0.1, -0.05) is 34.5 Å². The lowest BCUT2D eigenvalue weighted by molar-refractivity contribution is 0.453. The molecule has 1 heterocycles. The minimum absolute atomic E-state index is 0.302. The van der Waals surface area contributed by atoms with Crippen LogP contribution < -0.4 is 5.73 Å². The van der Waals surface area contributed by atoms with Gasteiger partial charge in [0.05, 0.1) is 6.04 Å². The molecule has 1 aromatic carbocycles. The van der Waals surface area contributed by atoms with Crippen LogP contribution in [0.3, 0.4) is 0 Å². The number of hydrogen-bond acceptors (Lipinski definition) is 2. The van der Waals surface area contributed by atoms with Gasteiger partial charge in [0, 0.05) is 15.9 Å².